The maximum Gasteiger partial charge on any atom is 0.119 e. The minimum Gasteiger partial charge on any atom is -0.491 e. The SMILES string of the molecule is CCc1cccc(OCC(O)CNCC2CCCC2O)c1. The first-order valence-corrected chi connectivity index (χ1v) is 7.97. The van der Waals surface area contributed by atoms with Gasteiger partial charge in [-0.15, -0.1) is 0 Å². The average molecular weight is 293 g/mol. The van der Waals surface area contributed by atoms with Gasteiger partial charge in [0.2, 0.25) is 0 Å². The van der Waals surface area contributed by atoms with Crippen LogP contribution in [0.2, 0.25) is 0 Å². The van der Waals surface area contributed by atoms with E-state index in [1.165, 1.54) is 5.56 Å². The Morgan fingerprint density at radius 2 is 2.24 bits per heavy atom. The fourth-order valence-corrected chi connectivity index (χ4v) is 2.80. The zero-order valence-electron chi connectivity index (χ0n) is 12.8. The van der Waals surface area contributed by atoms with Gasteiger partial charge in [-0.25, -0.2) is 0 Å². The van der Waals surface area contributed by atoms with E-state index in [0.29, 0.717) is 12.5 Å². The van der Waals surface area contributed by atoms with Gasteiger partial charge in [-0.05, 0) is 42.9 Å². The van der Waals surface area contributed by atoms with Crippen molar-refractivity contribution in [1.82, 2.24) is 5.32 Å². The van der Waals surface area contributed by atoms with Gasteiger partial charge >= 0.3 is 0 Å². The highest BCUT2D eigenvalue weighted by Crippen LogP contribution is 2.24. The molecule has 1 aliphatic carbocycles. The maximum absolute atomic E-state index is 9.93. The predicted octanol–water partition coefficient (Wildman–Crippen LogP) is 1.74. The van der Waals surface area contributed by atoms with Gasteiger partial charge in [-0.3, -0.25) is 0 Å². The summed E-state index contributed by atoms with van der Waals surface area (Å²) in [6, 6.07) is 7.96. The topological polar surface area (TPSA) is 61.7 Å². The Kier molecular flexibility index (Phi) is 6.49. The number of aliphatic hydroxyl groups is 2. The molecular weight excluding hydrogens is 266 g/mol. The number of ether oxygens (including phenoxy) is 1. The molecule has 21 heavy (non-hydrogen) atoms. The predicted molar refractivity (Wildman–Crippen MR) is 83.5 cm³/mol. The molecule has 0 bridgehead atoms. The summed E-state index contributed by atoms with van der Waals surface area (Å²) >= 11 is 0. The first kappa shape index (κ1) is 16.3. The molecule has 3 unspecified atom stereocenters. The summed E-state index contributed by atoms with van der Waals surface area (Å²) in [5.74, 6) is 1.14. The molecule has 4 nitrogen and oxygen atoms in total. The molecule has 1 aliphatic rings. The fourth-order valence-electron chi connectivity index (χ4n) is 2.80. The van der Waals surface area contributed by atoms with Crippen LogP contribution >= 0.6 is 0 Å². The molecule has 1 saturated carbocycles. The van der Waals surface area contributed by atoms with E-state index < -0.39 is 6.10 Å². The van der Waals surface area contributed by atoms with Crippen LogP contribution in [0, 0.1) is 5.92 Å². The molecule has 0 spiro atoms. The van der Waals surface area contributed by atoms with Crippen LogP contribution in [0.4, 0.5) is 0 Å². The molecule has 1 aromatic rings. The van der Waals surface area contributed by atoms with Crippen molar-refractivity contribution in [3.05, 3.63) is 29.8 Å². The van der Waals surface area contributed by atoms with E-state index in [1.807, 2.05) is 18.2 Å². The van der Waals surface area contributed by atoms with Crippen molar-refractivity contribution in [3.63, 3.8) is 0 Å². The van der Waals surface area contributed by atoms with E-state index in [1.54, 1.807) is 0 Å². The van der Waals surface area contributed by atoms with Gasteiger partial charge in [0.1, 0.15) is 18.5 Å². The van der Waals surface area contributed by atoms with Gasteiger partial charge in [0.25, 0.3) is 0 Å². The Labute approximate surface area is 127 Å². The summed E-state index contributed by atoms with van der Waals surface area (Å²) in [7, 11) is 0. The minimum atomic E-state index is -0.533. The second-order valence-corrected chi connectivity index (χ2v) is 5.88. The van der Waals surface area contributed by atoms with Crippen LogP contribution in [0.5, 0.6) is 5.75 Å². The van der Waals surface area contributed by atoms with Crippen molar-refractivity contribution in [3.8, 4) is 5.75 Å². The molecule has 0 radical (unpaired) electrons. The standard InChI is InChI=1S/C17H27NO3/c1-2-13-5-3-7-16(9-13)21-12-15(19)11-18-10-14-6-4-8-17(14)20/h3,5,7,9,14-15,17-20H,2,4,6,8,10-12H2,1H3. The quantitative estimate of drug-likeness (QED) is 0.683. The van der Waals surface area contributed by atoms with Crippen LogP contribution in [0.15, 0.2) is 24.3 Å². The molecule has 3 atom stereocenters. The summed E-state index contributed by atoms with van der Waals surface area (Å²) in [6.45, 7) is 3.66. The van der Waals surface area contributed by atoms with Crippen LogP contribution in [0.1, 0.15) is 31.7 Å². The monoisotopic (exact) mass is 293 g/mol. The number of hydrogen-bond donors (Lipinski definition) is 3. The lowest BCUT2D eigenvalue weighted by Crippen LogP contribution is -2.36. The minimum absolute atomic E-state index is 0.178. The van der Waals surface area contributed by atoms with E-state index in [9.17, 15) is 10.2 Å². The Balaban J connectivity index is 1.63. The summed E-state index contributed by atoms with van der Waals surface area (Å²) in [6.07, 6.45) is 3.35. The largest absolute Gasteiger partial charge is 0.491 e. The lowest BCUT2D eigenvalue weighted by atomic mass is 10.1. The highest BCUT2D eigenvalue weighted by atomic mass is 16.5. The van der Waals surface area contributed by atoms with Gasteiger partial charge in [0.05, 0.1) is 6.10 Å². The molecule has 1 aromatic carbocycles. The molecule has 118 valence electrons. The Bertz CT molecular complexity index is 424. The molecule has 4 heteroatoms. The van der Waals surface area contributed by atoms with E-state index in [4.69, 9.17) is 4.74 Å². The van der Waals surface area contributed by atoms with E-state index in [0.717, 1.165) is 38.0 Å². The van der Waals surface area contributed by atoms with Crippen molar-refractivity contribution in [2.75, 3.05) is 19.7 Å². The normalized spacial score (nSPS) is 23.2. The summed E-state index contributed by atoms with van der Waals surface area (Å²) in [4.78, 5) is 0. The fraction of sp³-hybridized carbons (Fsp3) is 0.647. The third kappa shape index (κ3) is 5.30. The number of hydrogen-bond acceptors (Lipinski definition) is 4. The molecule has 2 rings (SSSR count). The van der Waals surface area contributed by atoms with E-state index >= 15 is 0 Å². The zero-order chi connectivity index (χ0) is 15.1. The van der Waals surface area contributed by atoms with Crippen LogP contribution < -0.4 is 10.1 Å². The maximum atomic E-state index is 9.93. The summed E-state index contributed by atoms with van der Waals surface area (Å²) in [5, 5.41) is 22.9. The Morgan fingerprint density at radius 3 is 2.95 bits per heavy atom. The molecule has 3 N–H and O–H groups in total. The lowest BCUT2D eigenvalue weighted by molar-refractivity contribution is 0.0980. The molecule has 0 aliphatic heterocycles. The first-order chi connectivity index (χ1) is 10.2. The van der Waals surface area contributed by atoms with Crippen molar-refractivity contribution >= 4 is 0 Å². The highest BCUT2D eigenvalue weighted by Gasteiger charge is 2.24. The number of rotatable bonds is 8. The number of benzene rings is 1. The smallest absolute Gasteiger partial charge is 0.119 e. The summed E-state index contributed by atoms with van der Waals surface area (Å²) in [5.41, 5.74) is 1.23. The van der Waals surface area contributed by atoms with Crippen LogP contribution in [0.3, 0.4) is 0 Å². The molecule has 0 amide bonds. The van der Waals surface area contributed by atoms with Crippen LogP contribution in [-0.4, -0.2) is 42.1 Å². The lowest BCUT2D eigenvalue weighted by Gasteiger charge is -2.17. The third-order valence-electron chi connectivity index (χ3n) is 4.15. The molecule has 0 saturated heterocycles. The number of nitrogens with one attached hydrogen (secondary N) is 1. The summed E-state index contributed by atoms with van der Waals surface area (Å²) < 4.78 is 5.61. The second-order valence-electron chi connectivity index (χ2n) is 5.88. The van der Waals surface area contributed by atoms with Crippen LogP contribution in [-0.2, 0) is 6.42 Å². The van der Waals surface area contributed by atoms with E-state index in [2.05, 4.69) is 18.3 Å². The molecule has 1 fully saturated rings. The molecule has 0 aromatic heterocycles. The van der Waals surface area contributed by atoms with Gasteiger partial charge in [-0.2, -0.15) is 0 Å². The average Bonchev–Trinajstić information content (AvgIpc) is 2.91. The van der Waals surface area contributed by atoms with Gasteiger partial charge in [-0.1, -0.05) is 25.5 Å². The number of aryl methyl sites for hydroxylation is 1. The third-order valence-corrected chi connectivity index (χ3v) is 4.15. The van der Waals surface area contributed by atoms with Crippen molar-refractivity contribution in [2.24, 2.45) is 5.92 Å². The van der Waals surface area contributed by atoms with Gasteiger partial charge in [0, 0.05) is 13.1 Å². The Hall–Kier alpha value is -1.10. The zero-order valence-corrected chi connectivity index (χ0v) is 12.8. The Morgan fingerprint density at radius 1 is 1.38 bits per heavy atom. The van der Waals surface area contributed by atoms with Crippen molar-refractivity contribution in [2.45, 2.75) is 44.8 Å². The second kappa shape index (κ2) is 8.37. The highest BCUT2D eigenvalue weighted by molar-refractivity contribution is 5.28. The van der Waals surface area contributed by atoms with Crippen molar-refractivity contribution < 1.29 is 14.9 Å². The van der Waals surface area contributed by atoms with Gasteiger partial charge < -0.3 is 20.3 Å². The molecule has 0 heterocycles. The van der Waals surface area contributed by atoms with Crippen molar-refractivity contribution in [1.29, 1.82) is 0 Å². The van der Waals surface area contributed by atoms with E-state index in [-0.39, 0.29) is 12.7 Å². The first-order valence-electron chi connectivity index (χ1n) is 7.97. The molecular formula is C17H27NO3. The van der Waals surface area contributed by atoms with Crippen LogP contribution in [0.25, 0.3) is 0 Å². The number of aliphatic hydroxyl groups excluding tert-OH is 2. The van der Waals surface area contributed by atoms with Gasteiger partial charge in [0.15, 0.2) is 0 Å².